The van der Waals surface area contributed by atoms with Crippen LogP contribution < -0.4 is 4.74 Å². The van der Waals surface area contributed by atoms with E-state index < -0.39 is 4.92 Å². The Hall–Kier alpha value is -2.82. The molecule has 5 heteroatoms. The predicted octanol–water partition coefficient (Wildman–Crippen LogP) is 3.53. The second-order valence-electron chi connectivity index (χ2n) is 4.09. The molecule has 5 nitrogen and oxygen atoms in total. The molecule has 1 N–H and O–H groups in total. The van der Waals surface area contributed by atoms with Gasteiger partial charge in [0, 0.05) is 17.7 Å². The molecule has 0 aromatic heterocycles. The summed E-state index contributed by atoms with van der Waals surface area (Å²) in [5.74, 6) is 0.598. The molecule has 102 valence electrons. The fourth-order valence-corrected chi connectivity index (χ4v) is 1.78. The first kappa shape index (κ1) is 13.6. The van der Waals surface area contributed by atoms with Gasteiger partial charge >= 0.3 is 0 Å². The topological polar surface area (TPSA) is 72.6 Å². The highest BCUT2D eigenvalue weighted by molar-refractivity contribution is 5.73. The summed E-state index contributed by atoms with van der Waals surface area (Å²) in [5, 5.41) is 20.7. The van der Waals surface area contributed by atoms with Crippen LogP contribution in [0.4, 0.5) is 5.69 Å². The van der Waals surface area contributed by atoms with E-state index in [1.807, 2.05) is 0 Å². The molecule has 0 aliphatic carbocycles. The van der Waals surface area contributed by atoms with Crippen LogP contribution in [-0.4, -0.2) is 16.6 Å². The Kier molecular flexibility index (Phi) is 4.00. The van der Waals surface area contributed by atoms with E-state index in [-0.39, 0.29) is 11.4 Å². The predicted molar refractivity (Wildman–Crippen MR) is 75.9 cm³/mol. The monoisotopic (exact) mass is 271 g/mol. The zero-order valence-electron chi connectivity index (χ0n) is 10.7. The van der Waals surface area contributed by atoms with Gasteiger partial charge in [-0.15, -0.1) is 0 Å². The molecule has 20 heavy (non-hydrogen) atoms. The number of hydrogen-bond acceptors (Lipinski definition) is 4. The molecule has 0 atom stereocenters. The second-order valence-corrected chi connectivity index (χ2v) is 4.09. The maximum atomic E-state index is 10.8. The van der Waals surface area contributed by atoms with E-state index in [0.29, 0.717) is 23.5 Å². The lowest BCUT2D eigenvalue weighted by Crippen LogP contribution is -1.93. The Bertz CT molecular complexity index is 652. The minimum atomic E-state index is -0.474. The number of non-ortho nitro benzene ring substituents is 1. The zero-order chi connectivity index (χ0) is 14.5. The van der Waals surface area contributed by atoms with E-state index in [1.165, 1.54) is 18.2 Å². The van der Waals surface area contributed by atoms with Gasteiger partial charge in [0.05, 0.1) is 4.92 Å². The minimum absolute atomic E-state index is 0.0284. The maximum absolute atomic E-state index is 10.8. The van der Waals surface area contributed by atoms with E-state index >= 15 is 0 Å². The third-order valence-electron chi connectivity index (χ3n) is 2.70. The molecule has 0 spiro atoms. The molecule has 0 fully saturated rings. The zero-order valence-corrected chi connectivity index (χ0v) is 10.7. The molecule has 0 amide bonds. The maximum Gasteiger partial charge on any atom is 0.270 e. The Labute approximate surface area is 115 Å². The van der Waals surface area contributed by atoms with Crippen LogP contribution >= 0.6 is 0 Å². The van der Waals surface area contributed by atoms with Crippen molar-refractivity contribution < 1.29 is 14.8 Å². The molecule has 2 aromatic carbocycles. The van der Waals surface area contributed by atoms with Crippen LogP contribution in [0.3, 0.4) is 0 Å². The van der Waals surface area contributed by atoms with Crippen molar-refractivity contribution in [2.75, 3.05) is 6.61 Å². The highest BCUT2D eigenvalue weighted by Gasteiger charge is 2.11. The van der Waals surface area contributed by atoms with Crippen LogP contribution in [-0.2, 0) is 0 Å². The van der Waals surface area contributed by atoms with Gasteiger partial charge in [0.25, 0.3) is 5.69 Å². The summed E-state index contributed by atoms with van der Waals surface area (Å²) in [7, 11) is 0. The number of phenols is 1. The molecule has 0 radical (unpaired) electrons. The first-order valence-electron chi connectivity index (χ1n) is 5.93. The minimum Gasteiger partial charge on any atom is -0.507 e. The van der Waals surface area contributed by atoms with E-state index in [4.69, 9.17) is 4.74 Å². The van der Waals surface area contributed by atoms with Crippen molar-refractivity contribution in [3.63, 3.8) is 0 Å². The van der Waals surface area contributed by atoms with Crippen LogP contribution in [0.15, 0.2) is 55.1 Å². The molecular weight excluding hydrogens is 258 g/mol. The lowest BCUT2D eigenvalue weighted by molar-refractivity contribution is -0.384. The van der Waals surface area contributed by atoms with E-state index in [0.717, 1.165) is 0 Å². The van der Waals surface area contributed by atoms with Crippen LogP contribution in [0, 0.1) is 10.1 Å². The first-order chi connectivity index (χ1) is 9.61. The van der Waals surface area contributed by atoms with E-state index in [9.17, 15) is 15.2 Å². The largest absolute Gasteiger partial charge is 0.507 e. The Morgan fingerprint density at radius 2 is 2.10 bits per heavy atom. The Balaban J connectivity index is 2.42. The fourth-order valence-electron chi connectivity index (χ4n) is 1.78. The lowest BCUT2D eigenvalue weighted by atomic mass is 10.0. The normalized spacial score (nSPS) is 10.0. The van der Waals surface area contributed by atoms with Crippen LogP contribution in [0.5, 0.6) is 11.5 Å². The lowest BCUT2D eigenvalue weighted by Gasteiger charge is -2.08. The number of phenolic OH excluding ortho intramolecular Hbond substituents is 1. The molecule has 0 bridgehead atoms. The summed E-state index contributed by atoms with van der Waals surface area (Å²) in [5.41, 5.74) is 1.01. The summed E-state index contributed by atoms with van der Waals surface area (Å²) in [6, 6.07) is 10.8. The van der Waals surface area contributed by atoms with Crippen molar-refractivity contribution >= 4 is 5.69 Å². The third-order valence-corrected chi connectivity index (χ3v) is 2.70. The highest BCUT2D eigenvalue weighted by atomic mass is 16.6. The standard InChI is InChI=1S/C15H13NO4/c1-2-8-20-13-6-7-15(17)14(10-13)11-4-3-5-12(9-11)16(18)19/h2-7,9-10,17H,1,8H2. The Morgan fingerprint density at radius 3 is 2.80 bits per heavy atom. The SMILES string of the molecule is C=CCOc1ccc(O)c(-c2cccc([N+](=O)[O-])c2)c1. The Morgan fingerprint density at radius 1 is 1.30 bits per heavy atom. The number of nitro benzene ring substituents is 1. The average molecular weight is 271 g/mol. The fraction of sp³-hybridized carbons (Fsp3) is 0.0667. The number of ether oxygens (including phenoxy) is 1. The summed E-state index contributed by atoms with van der Waals surface area (Å²) >= 11 is 0. The number of benzene rings is 2. The smallest absolute Gasteiger partial charge is 0.270 e. The average Bonchev–Trinajstić information content (AvgIpc) is 2.46. The van der Waals surface area contributed by atoms with Crippen LogP contribution in [0.2, 0.25) is 0 Å². The van der Waals surface area contributed by atoms with Crippen molar-refractivity contribution in [1.82, 2.24) is 0 Å². The molecule has 0 unspecified atom stereocenters. The van der Waals surface area contributed by atoms with Crippen molar-refractivity contribution in [1.29, 1.82) is 0 Å². The summed E-state index contributed by atoms with van der Waals surface area (Å²) in [4.78, 5) is 10.3. The molecule has 0 aliphatic heterocycles. The quantitative estimate of drug-likeness (QED) is 0.513. The van der Waals surface area contributed by atoms with Gasteiger partial charge in [-0.3, -0.25) is 10.1 Å². The van der Waals surface area contributed by atoms with Gasteiger partial charge in [-0.1, -0.05) is 24.8 Å². The highest BCUT2D eigenvalue weighted by Crippen LogP contribution is 2.34. The van der Waals surface area contributed by atoms with Gasteiger partial charge in [0.2, 0.25) is 0 Å². The first-order valence-corrected chi connectivity index (χ1v) is 5.93. The number of hydrogen-bond donors (Lipinski definition) is 1. The molecule has 0 saturated carbocycles. The molecule has 0 aliphatic rings. The molecular formula is C15H13NO4. The summed E-state index contributed by atoms with van der Waals surface area (Å²) in [6.07, 6.45) is 1.61. The van der Waals surface area contributed by atoms with Crippen molar-refractivity contribution in [3.05, 3.63) is 65.2 Å². The van der Waals surface area contributed by atoms with Crippen molar-refractivity contribution in [2.24, 2.45) is 0 Å². The van der Waals surface area contributed by atoms with Crippen molar-refractivity contribution in [2.45, 2.75) is 0 Å². The van der Waals surface area contributed by atoms with Gasteiger partial charge in [0.1, 0.15) is 18.1 Å². The summed E-state index contributed by atoms with van der Waals surface area (Å²) in [6.45, 7) is 3.90. The van der Waals surface area contributed by atoms with Gasteiger partial charge in [0.15, 0.2) is 0 Å². The molecule has 0 saturated heterocycles. The second kappa shape index (κ2) is 5.88. The number of rotatable bonds is 5. The molecule has 0 heterocycles. The number of nitrogens with zero attached hydrogens (tertiary/aromatic N) is 1. The third kappa shape index (κ3) is 2.95. The number of aromatic hydroxyl groups is 1. The molecule has 2 rings (SSSR count). The number of nitro groups is 1. The van der Waals surface area contributed by atoms with Gasteiger partial charge in [-0.2, -0.15) is 0 Å². The van der Waals surface area contributed by atoms with Crippen LogP contribution in [0.25, 0.3) is 11.1 Å². The van der Waals surface area contributed by atoms with Gasteiger partial charge in [-0.25, -0.2) is 0 Å². The van der Waals surface area contributed by atoms with E-state index in [2.05, 4.69) is 6.58 Å². The van der Waals surface area contributed by atoms with E-state index in [1.54, 1.807) is 30.3 Å². The summed E-state index contributed by atoms with van der Waals surface area (Å²) < 4.78 is 5.39. The van der Waals surface area contributed by atoms with Crippen LogP contribution in [0.1, 0.15) is 0 Å². The molecule has 2 aromatic rings. The van der Waals surface area contributed by atoms with Gasteiger partial charge < -0.3 is 9.84 Å². The van der Waals surface area contributed by atoms with Gasteiger partial charge in [-0.05, 0) is 23.8 Å². The van der Waals surface area contributed by atoms with Crippen molar-refractivity contribution in [3.8, 4) is 22.6 Å².